The quantitative estimate of drug-likeness (QED) is 0.813. The predicted molar refractivity (Wildman–Crippen MR) is 68.0 cm³/mol. The van der Waals surface area contributed by atoms with Crippen LogP contribution in [-0.4, -0.2) is 16.9 Å². The lowest BCUT2D eigenvalue weighted by Crippen LogP contribution is -2.33. The second-order valence-electron chi connectivity index (χ2n) is 5.33. The average molecular weight is 247 g/mol. The van der Waals surface area contributed by atoms with Crippen molar-refractivity contribution in [3.05, 3.63) is 29.8 Å². The van der Waals surface area contributed by atoms with Gasteiger partial charge in [0.1, 0.15) is 0 Å². The molecule has 0 spiro atoms. The molecule has 4 heteroatoms. The summed E-state index contributed by atoms with van der Waals surface area (Å²) in [7, 11) is 0. The third-order valence-corrected chi connectivity index (χ3v) is 3.25. The molecule has 96 valence electrons. The van der Waals surface area contributed by atoms with E-state index in [1.165, 1.54) is 4.90 Å². The molecule has 18 heavy (non-hydrogen) atoms. The van der Waals surface area contributed by atoms with E-state index in [1.807, 2.05) is 0 Å². The largest absolute Gasteiger partial charge is 0.389 e. The Morgan fingerprint density at radius 2 is 1.89 bits per heavy atom. The van der Waals surface area contributed by atoms with Gasteiger partial charge in [0.25, 0.3) is 0 Å². The van der Waals surface area contributed by atoms with Gasteiger partial charge in [-0.25, -0.2) is 4.90 Å². The van der Waals surface area contributed by atoms with Crippen molar-refractivity contribution in [3.8, 4) is 0 Å². The van der Waals surface area contributed by atoms with Crippen molar-refractivity contribution in [2.24, 2.45) is 5.41 Å². The van der Waals surface area contributed by atoms with Crippen LogP contribution in [0.2, 0.25) is 0 Å². The molecule has 0 aromatic heterocycles. The van der Waals surface area contributed by atoms with E-state index < -0.39 is 11.5 Å². The predicted octanol–water partition coefficient (Wildman–Crippen LogP) is 2.03. The van der Waals surface area contributed by atoms with Crippen molar-refractivity contribution >= 4 is 17.5 Å². The number of benzene rings is 1. The third kappa shape index (κ3) is 1.93. The zero-order valence-electron chi connectivity index (χ0n) is 10.8. The molecule has 1 aromatic rings. The highest BCUT2D eigenvalue weighted by Crippen LogP contribution is 2.37. The van der Waals surface area contributed by atoms with Crippen LogP contribution in [0.4, 0.5) is 5.69 Å². The number of aliphatic hydroxyl groups is 1. The molecule has 1 N–H and O–H groups in total. The molecule has 0 bridgehead atoms. The summed E-state index contributed by atoms with van der Waals surface area (Å²) in [5, 5.41) is 9.72. The minimum atomic E-state index is -0.717. The highest BCUT2D eigenvalue weighted by atomic mass is 16.3. The molecular formula is C14H17NO3. The normalized spacial score (nSPS) is 20.3. The fraction of sp³-hybridized carbons (Fsp3) is 0.429. The maximum absolute atomic E-state index is 12.2. The molecule has 1 aromatic carbocycles. The van der Waals surface area contributed by atoms with E-state index in [-0.39, 0.29) is 18.2 Å². The Bertz CT molecular complexity index is 506. The number of amides is 2. The molecule has 4 nitrogen and oxygen atoms in total. The van der Waals surface area contributed by atoms with Gasteiger partial charge in [-0.05, 0) is 13.0 Å². The van der Waals surface area contributed by atoms with Crippen molar-refractivity contribution < 1.29 is 14.7 Å². The van der Waals surface area contributed by atoms with Gasteiger partial charge in [0.2, 0.25) is 11.8 Å². The number of para-hydroxylation sites is 1. The lowest BCUT2D eigenvalue weighted by molar-refractivity contribution is -0.124. The Labute approximate surface area is 106 Å². The van der Waals surface area contributed by atoms with Crippen molar-refractivity contribution in [3.63, 3.8) is 0 Å². The van der Waals surface area contributed by atoms with Gasteiger partial charge < -0.3 is 5.11 Å². The number of aliphatic hydroxyl groups excluding tert-OH is 1. The molecule has 1 saturated heterocycles. The van der Waals surface area contributed by atoms with Crippen LogP contribution in [0.5, 0.6) is 0 Å². The lowest BCUT2D eigenvalue weighted by atomic mass is 9.92. The van der Waals surface area contributed by atoms with Gasteiger partial charge in [0.15, 0.2) is 0 Å². The summed E-state index contributed by atoms with van der Waals surface area (Å²) in [6, 6.07) is 6.96. The van der Waals surface area contributed by atoms with Crippen LogP contribution >= 0.6 is 0 Å². The molecule has 2 rings (SSSR count). The number of anilines is 1. The average Bonchev–Trinajstić information content (AvgIpc) is 2.48. The monoisotopic (exact) mass is 247 g/mol. The zero-order valence-corrected chi connectivity index (χ0v) is 10.8. The summed E-state index contributed by atoms with van der Waals surface area (Å²) in [5.74, 6) is -0.418. The Morgan fingerprint density at radius 3 is 2.39 bits per heavy atom. The Hall–Kier alpha value is -1.68. The van der Waals surface area contributed by atoms with Gasteiger partial charge in [-0.3, -0.25) is 9.59 Å². The van der Waals surface area contributed by atoms with Gasteiger partial charge in [0, 0.05) is 12.0 Å². The minimum absolute atomic E-state index is 0.208. The molecule has 0 aliphatic carbocycles. The Balaban J connectivity index is 2.50. The second kappa shape index (κ2) is 4.21. The second-order valence-corrected chi connectivity index (χ2v) is 5.33. The fourth-order valence-electron chi connectivity index (χ4n) is 2.24. The molecular weight excluding hydrogens is 230 g/mol. The Morgan fingerprint density at radius 1 is 1.28 bits per heavy atom. The van der Waals surface area contributed by atoms with Gasteiger partial charge in [-0.1, -0.05) is 32.0 Å². The molecule has 1 unspecified atom stereocenters. The van der Waals surface area contributed by atoms with Crippen molar-refractivity contribution in [2.75, 3.05) is 4.90 Å². The topological polar surface area (TPSA) is 57.6 Å². The number of carbonyl (C=O) groups is 2. The van der Waals surface area contributed by atoms with Crippen LogP contribution in [-0.2, 0) is 9.59 Å². The minimum Gasteiger partial charge on any atom is -0.389 e. The summed E-state index contributed by atoms with van der Waals surface area (Å²) in [6.45, 7) is 5.14. The van der Waals surface area contributed by atoms with E-state index in [0.717, 1.165) is 0 Å². The third-order valence-electron chi connectivity index (χ3n) is 3.25. The van der Waals surface area contributed by atoms with Crippen LogP contribution in [0.1, 0.15) is 38.9 Å². The van der Waals surface area contributed by atoms with Crippen LogP contribution in [0.3, 0.4) is 0 Å². The number of hydrogen-bond acceptors (Lipinski definition) is 3. The SMILES string of the molecule is CC(O)c1ccccc1N1C(=O)CC(C)(C)C1=O. The number of imide groups is 1. The zero-order chi connectivity index (χ0) is 13.5. The highest BCUT2D eigenvalue weighted by Gasteiger charge is 2.46. The van der Waals surface area contributed by atoms with Crippen LogP contribution in [0.25, 0.3) is 0 Å². The molecule has 1 heterocycles. The van der Waals surface area contributed by atoms with Crippen molar-refractivity contribution in [2.45, 2.75) is 33.3 Å². The summed E-state index contributed by atoms with van der Waals surface area (Å²) < 4.78 is 0. The smallest absolute Gasteiger partial charge is 0.239 e. The number of hydrogen-bond donors (Lipinski definition) is 1. The maximum Gasteiger partial charge on any atom is 0.239 e. The number of nitrogens with zero attached hydrogens (tertiary/aromatic N) is 1. The highest BCUT2D eigenvalue weighted by molar-refractivity contribution is 6.22. The Kier molecular flexibility index (Phi) is 2.99. The van der Waals surface area contributed by atoms with Gasteiger partial charge in [-0.2, -0.15) is 0 Å². The van der Waals surface area contributed by atoms with E-state index in [2.05, 4.69) is 0 Å². The van der Waals surface area contributed by atoms with Crippen LogP contribution < -0.4 is 4.90 Å². The molecule has 1 fully saturated rings. The number of rotatable bonds is 2. The van der Waals surface area contributed by atoms with E-state index in [1.54, 1.807) is 45.0 Å². The molecule has 0 saturated carbocycles. The summed E-state index contributed by atoms with van der Waals surface area (Å²) in [4.78, 5) is 25.4. The number of carbonyl (C=O) groups excluding carboxylic acids is 2. The molecule has 1 atom stereocenters. The maximum atomic E-state index is 12.2. The van der Waals surface area contributed by atoms with Crippen LogP contribution in [0, 0.1) is 5.41 Å². The van der Waals surface area contributed by atoms with E-state index in [4.69, 9.17) is 0 Å². The molecule has 2 amide bonds. The molecule has 1 aliphatic rings. The van der Waals surface area contributed by atoms with Crippen molar-refractivity contribution in [1.82, 2.24) is 0 Å². The first-order chi connectivity index (χ1) is 8.34. The molecule has 1 aliphatic heterocycles. The van der Waals surface area contributed by atoms with E-state index in [0.29, 0.717) is 11.3 Å². The standard InChI is InChI=1S/C14H17NO3/c1-9(16)10-6-4-5-7-11(10)15-12(17)8-14(2,3)13(15)18/h4-7,9,16H,8H2,1-3H3. The first-order valence-electron chi connectivity index (χ1n) is 5.99. The van der Waals surface area contributed by atoms with Gasteiger partial charge in [-0.15, -0.1) is 0 Å². The summed E-state index contributed by atoms with van der Waals surface area (Å²) >= 11 is 0. The lowest BCUT2D eigenvalue weighted by Gasteiger charge is -2.21. The summed E-state index contributed by atoms with van der Waals surface area (Å²) in [5.41, 5.74) is 0.424. The van der Waals surface area contributed by atoms with E-state index >= 15 is 0 Å². The summed E-state index contributed by atoms with van der Waals surface area (Å²) in [6.07, 6.45) is -0.509. The molecule has 0 radical (unpaired) electrons. The first-order valence-corrected chi connectivity index (χ1v) is 5.99. The van der Waals surface area contributed by atoms with E-state index in [9.17, 15) is 14.7 Å². The van der Waals surface area contributed by atoms with Crippen molar-refractivity contribution in [1.29, 1.82) is 0 Å². The van der Waals surface area contributed by atoms with Gasteiger partial charge >= 0.3 is 0 Å². The first kappa shape index (κ1) is 12.8. The van der Waals surface area contributed by atoms with Gasteiger partial charge in [0.05, 0.1) is 17.2 Å². The fourth-order valence-corrected chi connectivity index (χ4v) is 2.24. The van der Waals surface area contributed by atoms with Crippen LogP contribution in [0.15, 0.2) is 24.3 Å².